The van der Waals surface area contributed by atoms with Crippen molar-refractivity contribution in [3.8, 4) is 11.1 Å². The molecule has 2 aromatic carbocycles. The number of rotatable bonds is 10. The normalized spacial score (nSPS) is 19.3. The minimum absolute atomic E-state index is 0.00154. The lowest BCUT2D eigenvalue weighted by atomic mass is 9.78. The van der Waals surface area contributed by atoms with E-state index in [0.29, 0.717) is 19.3 Å². The first-order valence-corrected chi connectivity index (χ1v) is 11.6. The van der Waals surface area contributed by atoms with E-state index in [2.05, 4.69) is 34.9 Å². The topological polar surface area (TPSA) is 114 Å². The van der Waals surface area contributed by atoms with Crippen LogP contribution in [0.2, 0.25) is 0 Å². The maximum Gasteiger partial charge on any atom is 0.407 e. The molecule has 0 heterocycles. The summed E-state index contributed by atoms with van der Waals surface area (Å²) in [6, 6.07) is 16.4. The Morgan fingerprint density at radius 2 is 1.65 bits per heavy atom. The number of hydrogen-bond donors (Lipinski definition) is 3. The highest BCUT2D eigenvalue weighted by Gasteiger charge is 2.33. The number of benzene rings is 2. The van der Waals surface area contributed by atoms with Crippen LogP contribution in [0.15, 0.2) is 48.5 Å². The minimum atomic E-state index is -1.04. The standard InChI is InChI=1S/C26H30N2O6/c1-33-23(25(30)31)10-11-27-24(29)14-16-12-17(13-16)28-26(32)34-15-22-20-8-4-2-6-18(20)19-7-3-5-9-21(19)22/h2-9,16-17,22-23H,10-15H2,1H3,(H,27,29)(H,28,32)(H,30,31). The number of ether oxygens (including phenoxy) is 2. The van der Waals surface area contributed by atoms with Crippen molar-refractivity contribution in [1.29, 1.82) is 0 Å². The van der Waals surface area contributed by atoms with E-state index in [4.69, 9.17) is 14.6 Å². The molecule has 2 aliphatic carbocycles. The number of carbonyl (C=O) groups is 3. The van der Waals surface area contributed by atoms with Crippen LogP contribution in [0.1, 0.15) is 42.7 Å². The van der Waals surface area contributed by atoms with Crippen molar-refractivity contribution in [3.05, 3.63) is 59.7 Å². The number of hydrogen-bond acceptors (Lipinski definition) is 5. The predicted molar refractivity (Wildman–Crippen MR) is 125 cm³/mol. The molecule has 4 rings (SSSR count). The van der Waals surface area contributed by atoms with Crippen LogP contribution < -0.4 is 10.6 Å². The fourth-order valence-electron chi connectivity index (χ4n) is 4.85. The molecular weight excluding hydrogens is 436 g/mol. The number of methoxy groups -OCH3 is 1. The second-order valence-electron chi connectivity index (χ2n) is 8.91. The Balaban J connectivity index is 1.16. The van der Waals surface area contributed by atoms with Crippen molar-refractivity contribution in [2.24, 2.45) is 5.92 Å². The smallest absolute Gasteiger partial charge is 0.407 e. The molecule has 0 aromatic heterocycles. The van der Waals surface area contributed by atoms with Crippen LogP contribution in [0.25, 0.3) is 11.1 Å². The molecule has 3 N–H and O–H groups in total. The lowest BCUT2D eigenvalue weighted by molar-refractivity contribution is -0.149. The summed E-state index contributed by atoms with van der Waals surface area (Å²) in [6.45, 7) is 0.523. The van der Waals surface area contributed by atoms with E-state index in [0.717, 1.165) is 0 Å². The highest BCUT2D eigenvalue weighted by molar-refractivity contribution is 5.79. The van der Waals surface area contributed by atoms with Crippen molar-refractivity contribution in [1.82, 2.24) is 10.6 Å². The highest BCUT2D eigenvalue weighted by atomic mass is 16.5. The van der Waals surface area contributed by atoms with Gasteiger partial charge in [-0.1, -0.05) is 48.5 Å². The molecule has 34 heavy (non-hydrogen) atoms. The van der Waals surface area contributed by atoms with Gasteiger partial charge in [0.05, 0.1) is 0 Å². The van der Waals surface area contributed by atoms with Gasteiger partial charge in [-0.05, 0) is 41.0 Å². The van der Waals surface area contributed by atoms with E-state index in [1.165, 1.54) is 29.4 Å². The van der Waals surface area contributed by atoms with E-state index in [1.54, 1.807) is 0 Å². The lowest BCUT2D eigenvalue weighted by Gasteiger charge is -2.35. The number of carboxylic acid groups (broad SMARTS) is 1. The van der Waals surface area contributed by atoms with Crippen LogP contribution >= 0.6 is 0 Å². The van der Waals surface area contributed by atoms with Crippen molar-refractivity contribution >= 4 is 18.0 Å². The summed E-state index contributed by atoms with van der Waals surface area (Å²) in [4.78, 5) is 35.3. The highest BCUT2D eigenvalue weighted by Crippen LogP contribution is 2.44. The summed E-state index contributed by atoms with van der Waals surface area (Å²) in [5, 5.41) is 14.6. The molecule has 2 aromatic rings. The molecule has 0 saturated heterocycles. The Morgan fingerprint density at radius 3 is 2.24 bits per heavy atom. The van der Waals surface area contributed by atoms with Crippen LogP contribution in [0.4, 0.5) is 4.79 Å². The maximum absolute atomic E-state index is 12.4. The molecular formula is C26H30N2O6. The van der Waals surface area contributed by atoms with E-state index < -0.39 is 18.2 Å². The van der Waals surface area contributed by atoms with Crippen LogP contribution in [0.5, 0.6) is 0 Å². The van der Waals surface area contributed by atoms with E-state index >= 15 is 0 Å². The van der Waals surface area contributed by atoms with Gasteiger partial charge in [0.1, 0.15) is 6.61 Å². The molecule has 180 valence electrons. The van der Waals surface area contributed by atoms with Gasteiger partial charge in [-0.2, -0.15) is 0 Å². The molecule has 0 spiro atoms. The average Bonchev–Trinajstić information content (AvgIpc) is 3.12. The largest absolute Gasteiger partial charge is 0.479 e. The first-order valence-electron chi connectivity index (χ1n) is 11.6. The molecule has 2 aliphatic rings. The quantitative estimate of drug-likeness (QED) is 0.495. The van der Waals surface area contributed by atoms with E-state index in [-0.39, 0.29) is 43.4 Å². The molecule has 0 aliphatic heterocycles. The van der Waals surface area contributed by atoms with Gasteiger partial charge in [0.25, 0.3) is 0 Å². The molecule has 1 atom stereocenters. The monoisotopic (exact) mass is 466 g/mol. The Bertz CT molecular complexity index is 1000. The van der Waals surface area contributed by atoms with Crippen LogP contribution in [0, 0.1) is 5.92 Å². The summed E-state index contributed by atoms with van der Waals surface area (Å²) in [5.74, 6) is -0.950. The Morgan fingerprint density at radius 1 is 1.03 bits per heavy atom. The molecule has 8 nitrogen and oxygen atoms in total. The van der Waals surface area contributed by atoms with Crippen molar-refractivity contribution in [2.45, 2.75) is 43.7 Å². The van der Waals surface area contributed by atoms with Gasteiger partial charge in [0.15, 0.2) is 6.10 Å². The fourth-order valence-corrected chi connectivity index (χ4v) is 4.85. The van der Waals surface area contributed by atoms with Gasteiger partial charge in [0, 0.05) is 38.5 Å². The third kappa shape index (κ3) is 5.39. The van der Waals surface area contributed by atoms with Crippen molar-refractivity contribution < 1.29 is 29.0 Å². The SMILES string of the molecule is COC(CCNC(=O)CC1CC(NC(=O)OCC2c3ccccc3-c3ccccc32)C1)C(=O)O. The number of amides is 2. The van der Waals surface area contributed by atoms with E-state index in [9.17, 15) is 14.4 Å². The first-order chi connectivity index (χ1) is 16.5. The maximum atomic E-state index is 12.4. The van der Waals surface area contributed by atoms with Gasteiger partial charge in [-0.25, -0.2) is 9.59 Å². The number of aliphatic carboxylic acids is 1. The summed E-state index contributed by atoms with van der Waals surface area (Å²) in [6.07, 6.45) is 0.645. The number of fused-ring (bicyclic) bond motifs is 3. The Labute approximate surface area is 198 Å². The fraction of sp³-hybridized carbons (Fsp3) is 0.423. The molecule has 1 fully saturated rings. The van der Waals surface area contributed by atoms with Gasteiger partial charge in [-0.3, -0.25) is 4.79 Å². The average molecular weight is 467 g/mol. The molecule has 1 saturated carbocycles. The van der Waals surface area contributed by atoms with Crippen molar-refractivity contribution in [2.75, 3.05) is 20.3 Å². The number of nitrogens with one attached hydrogen (secondary N) is 2. The van der Waals surface area contributed by atoms with Crippen LogP contribution in [-0.4, -0.2) is 55.5 Å². The zero-order valence-electron chi connectivity index (χ0n) is 19.2. The summed E-state index contributed by atoms with van der Waals surface area (Å²) in [5.41, 5.74) is 4.72. The Kier molecular flexibility index (Phi) is 7.47. The molecule has 0 bridgehead atoms. The van der Waals surface area contributed by atoms with Gasteiger partial charge in [-0.15, -0.1) is 0 Å². The lowest BCUT2D eigenvalue weighted by Crippen LogP contribution is -2.46. The summed E-state index contributed by atoms with van der Waals surface area (Å²) < 4.78 is 10.4. The molecule has 2 amide bonds. The van der Waals surface area contributed by atoms with Crippen LogP contribution in [-0.2, 0) is 19.1 Å². The predicted octanol–water partition coefficient (Wildman–Crippen LogP) is 3.30. The zero-order valence-corrected chi connectivity index (χ0v) is 19.2. The molecule has 0 radical (unpaired) electrons. The van der Waals surface area contributed by atoms with Gasteiger partial charge >= 0.3 is 12.1 Å². The summed E-state index contributed by atoms with van der Waals surface area (Å²) in [7, 11) is 1.33. The number of carbonyl (C=O) groups excluding carboxylic acids is 2. The van der Waals surface area contributed by atoms with Gasteiger partial charge in [0.2, 0.25) is 5.91 Å². The Hall–Kier alpha value is -3.39. The van der Waals surface area contributed by atoms with E-state index in [1.807, 2.05) is 24.3 Å². The third-order valence-corrected chi connectivity index (χ3v) is 6.66. The third-order valence-electron chi connectivity index (χ3n) is 6.66. The molecule has 8 heteroatoms. The van der Waals surface area contributed by atoms with Gasteiger partial charge < -0.3 is 25.2 Å². The number of alkyl carbamates (subject to hydrolysis) is 1. The minimum Gasteiger partial charge on any atom is -0.479 e. The number of carboxylic acids is 1. The first kappa shape index (κ1) is 23.8. The van der Waals surface area contributed by atoms with Crippen LogP contribution in [0.3, 0.4) is 0 Å². The second kappa shape index (κ2) is 10.7. The zero-order chi connectivity index (χ0) is 24.1. The summed E-state index contributed by atoms with van der Waals surface area (Å²) >= 11 is 0. The second-order valence-corrected chi connectivity index (χ2v) is 8.91. The molecule has 1 unspecified atom stereocenters. The van der Waals surface area contributed by atoms with Crippen molar-refractivity contribution in [3.63, 3.8) is 0 Å².